The molecule has 0 spiro atoms. The molecular weight excluding hydrogens is 833 g/mol. The van der Waals surface area contributed by atoms with Gasteiger partial charge >= 0.3 is 5.97 Å². The average Bonchev–Trinajstić information content (AvgIpc) is 3.66. The molecule has 0 saturated carbocycles. The highest BCUT2D eigenvalue weighted by Gasteiger charge is 2.45. The maximum absolute atomic E-state index is 13.6. The summed E-state index contributed by atoms with van der Waals surface area (Å²) in [6.07, 6.45) is 1.52. The molecule has 5 N–H and O–H groups in total. The minimum Gasteiger partial charge on any atom is -0.508 e. The molecule has 0 radical (unpaired) electrons. The predicted molar refractivity (Wildman–Crippen MR) is 229 cm³/mol. The molecule has 1 aromatic carbocycles. The van der Waals surface area contributed by atoms with E-state index in [1.807, 2.05) is 11.0 Å². The highest BCUT2D eigenvalue weighted by molar-refractivity contribution is 5.91. The van der Waals surface area contributed by atoms with Crippen LogP contribution in [-0.2, 0) is 63.4 Å². The molecule has 20 heteroatoms. The molecule has 3 aromatic heterocycles. The number of ether oxygens (including phenoxy) is 5. The third-order valence-corrected chi connectivity index (χ3v) is 11.8. The zero-order valence-corrected chi connectivity index (χ0v) is 36.0. The van der Waals surface area contributed by atoms with E-state index in [9.17, 15) is 34.2 Å². The third kappa shape index (κ3) is 10.2. The number of cyclic esters (lactones) is 1. The average molecular weight is 887 g/mol. The summed E-state index contributed by atoms with van der Waals surface area (Å²) in [4.78, 5) is 71.3. The number of anilines is 1. The second-order valence-corrected chi connectivity index (χ2v) is 15.9. The summed E-state index contributed by atoms with van der Waals surface area (Å²) in [5, 5.41) is 33.5. The number of pyridine rings is 2. The number of nitrogens with one attached hydrogen (secondary N) is 1. The summed E-state index contributed by atoms with van der Waals surface area (Å²) in [6, 6.07) is 9.95. The van der Waals surface area contributed by atoms with E-state index in [1.54, 1.807) is 42.8 Å². The van der Waals surface area contributed by atoms with E-state index >= 15 is 0 Å². The Morgan fingerprint density at radius 2 is 1.64 bits per heavy atom. The van der Waals surface area contributed by atoms with Gasteiger partial charge in [0.15, 0.2) is 17.1 Å². The van der Waals surface area contributed by atoms with Crippen molar-refractivity contribution in [2.75, 3.05) is 84.4 Å². The van der Waals surface area contributed by atoms with Crippen molar-refractivity contribution in [1.82, 2.24) is 30.0 Å². The number of hydrogen-bond donors (Lipinski definition) is 4. The molecule has 0 aliphatic carbocycles. The van der Waals surface area contributed by atoms with E-state index in [1.165, 1.54) is 11.0 Å². The van der Waals surface area contributed by atoms with Gasteiger partial charge in [-0.25, -0.2) is 9.78 Å². The van der Waals surface area contributed by atoms with Crippen LogP contribution in [0.25, 0.3) is 22.3 Å². The van der Waals surface area contributed by atoms with Gasteiger partial charge in [0.25, 0.3) is 11.5 Å². The van der Waals surface area contributed by atoms with Crippen molar-refractivity contribution >= 4 is 40.4 Å². The highest BCUT2D eigenvalue weighted by Crippen LogP contribution is 2.40. The number of nitrogens with zero attached hydrogens (tertiary/aromatic N) is 6. The van der Waals surface area contributed by atoms with Gasteiger partial charge in [0.05, 0.1) is 88.3 Å². The quantitative estimate of drug-likeness (QED) is 0.0595. The highest BCUT2D eigenvalue weighted by atomic mass is 16.6. The Hall–Kier alpha value is -6.06. The van der Waals surface area contributed by atoms with Gasteiger partial charge in [0.2, 0.25) is 11.8 Å². The lowest BCUT2D eigenvalue weighted by atomic mass is 9.86. The van der Waals surface area contributed by atoms with Gasteiger partial charge in [-0.1, -0.05) is 6.92 Å². The monoisotopic (exact) mass is 886 g/mol. The molecule has 1 fully saturated rings. The number of primary amides is 1. The standard InChI is InChI=1S/C44H54N8O12/c1-3-44(59)32-23-35-39-28(24-52(35)42(57)31(32)26-64-43(44)58)22-29-30(36(53)6-4-33(29)47-39)25-50(2)38(54)10-14-60-16-18-62-20-21-63-19-17-61-15-11-46-41(56)27-8-12-51(13-9-27)37-7-5-34(40(45)55)48-49-37/h4-7,22-23,27,53,59H,3,8-21,24-26H2,1-2H3,(H2,45,55)(H,46,56)/t44-/m0/s1. The van der Waals surface area contributed by atoms with Crippen LogP contribution in [0.15, 0.2) is 41.2 Å². The summed E-state index contributed by atoms with van der Waals surface area (Å²) in [5.74, 6) is -1.06. The first-order valence-electron chi connectivity index (χ1n) is 21.4. The Bertz CT molecular complexity index is 2420. The number of fused-ring (bicyclic) bond motifs is 5. The van der Waals surface area contributed by atoms with Crippen LogP contribution in [0.4, 0.5) is 5.82 Å². The summed E-state index contributed by atoms with van der Waals surface area (Å²) in [5.41, 5.74) is 6.31. The van der Waals surface area contributed by atoms with Gasteiger partial charge in [0, 0.05) is 61.2 Å². The van der Waals surface area contributed by atoms with E-state index < -0.39 is 17.5 Å². The number of piperidine rings is 1. The van der Waals surface area contributed by atoms with E-state index in [0.29, 0.717) is 112 Å². The van der Waals surface area contributed by atoms with Crippen molar-refractivity contribution in [3.63, 3.8) is 0 Å². The molecule has 1 atom stereocenters. The van der Waals surface area contributed by atoms with Crippen LogP contribution in [0.2, 0.25) is 0 Å². The Morgan fingerprint density at radius 3 is 2.30 bits per heavy atom. The smallest absolute Gasteiger partial charge is 0.343 e. The number of carbonyl (C=O) groups is 4. The Balaban J connectivity index is 0.741. The fourth-order valence-electron chi connectivity index (χ4n) is 8.09. The molecule has 3 amide bonds. The van der Waals surface area contributed by atoms with Gasteiger partial charge in [-0.15, -0.1) is 10.2 Å². The molecule has 0 unspecified atom stereocenters. The number of carbonyl (C=O) groups excluding carboxylic acids is 4. The first-order valence-corrected chi connectivity index (χ1v) is 21.4. The largest absolute Gasteiger partial charge is 0.508 e. The fraction of sp³-hybridized carbons (Fsp3) is 0.500. The van der Waals surface area contributed by atoms with Crippen LogP contribution in [0.1, 0.15) is 65.3 Å². The van der Waals surface area contributed by atoms with Gasteiger partial charge < -0.3 is 59.3 Å². The molecule has 7 rings (SSSR count). The van der Waals surface area contributed by atoms with Crippen LogP contribution in [0, 0.1) is 5.92 Å². The van der Waals surface area contributed by atoms with Crippen molar-refractivity contribution in [3.05, 3.63) is 74.7 Å². The lowest BCUT2D eigenvalue weighted by Crippen LogP contribution is -2.44. The Labute approximate surface area is 368 Å². The second kappa shape index (κ2) is 20.6. The molecule has 20 nitrogen and oxygen atoms in total. The number of amides is 3. The van der Waals surface area contributed by atoms with Crippen molar-refractivity contribution in [2.24, 2.45) is 11.7 Å². The molecule has 6 heterocycles. The van der Waals surface area contributed by atoms with Crippen LogP contribution in [0.5, 0.6) is 5.75 Å². The number of benzene rings is 1. The number of nitrogens with two attached hydrogens (primary N) is 1. The molecule has 1 saturated heterocycles. The van der Waals surface area contributed by atoms with Gasteiger partial charge in [-0.05, 0) is 55.7 Å². The van der Waals surface area contributed by atoms with Crippen LogP contribution in [0.3, 0.4) is 0 Å². The summed E-state index contributed by atoms with van der Waals surface area (Å²) >= 11 is 0. The SMILES string of the molecule is CC[C@@]1(O)C(=O)OCc2c1cc1n(c2=O)Cc2cc3c(CN(C)C(=O)CCOCCOCCOCCOCCNC(=O)C4CCN(c5ccc(C(N)=O)nn5)CC4)c(O)ccc3nc2-1. The normalized spacial score (nSPS) is 16.9. The molecule has 4 aromatic rings. The number of aromatic nitrogens is 4. The van der Waals surface area contributed by atoms with Gasteiger partial charge in [-0.2, -0.15) is 0 Å². The van der Waals surface area contributed by atoms with Gasteiger partial charge in [-0.3, -0.25) is 19.2 Å². The minimum atomic E-state index is -1.93. The number of phenols is 1. The first-order chi connectivity index (χ1) is 30.9. The molecule has 64 heavy (non-hydrogen) atoms. The Kier molecular flexibility index (Phi) is 14.8. The molecule has 3 aliphatic rings. The van der Waals surface area contributed by atoms with E-state index in [4.69, 9.17) is 34.4 Å². The number of phenolic OH excluding ortho intramolecular Hbond substituents is 1. The minimum absolute atomic E-state index is 0.00131. The van der Waals surface area contributed by atoms with Crippen LogP contribution < -0.4 is 21.5 Å². The maximum Gasteiger partial charge on any atom is 0.343 e. The summed E-state index contributed by atoms with van der Waals surface area (Å²) in [6.45, 7) is 6.10. The number of hydrogen-bond acceptors (Lipinski definition) is 16. The maximum atomic E-state index is 13.6. The zero-order chi connectivity index (χ0) is 45.4. The van der Waals surface area contributed by atoms with Crippen molar-refractivity contribution < 1.29 is 53.1 Å². The predicted octanol–water partition coefficient (Wildman–Crippen LogP) is 1.12. The zero-order valence-electron chi connectivity index (χ0n) is 36.0. The third-order valence-electron chi connectivity index (χ3n) is 11.8. The number of esters is 1. The van der Waals surface area contributed by atoms with E-state index in [2.05, 4.69) is 15.5 Å². The molecule has 3 aliphatic heterocycles. The Morgan fingerprint density at radius 1 is 0.953 bits per heavy atom. The summed E-state index contributed by atoms with van der Waals surface area (Å²) < 4.78 is 29.0. The van der Waals surface area contributed by atoms with Crippen molar-refractivity contribution in [3.8, 4) is 17.1 Å². The number of aliphatic hydroxyl groups is 1. The van der Waals surface area contributed by atoms with E-state index in [0.717, 1.165) is 5.56 Å². The first kappa shape index (κ1) is 45.9. The van der Waals surface area contributed by atoms with Crippen molar-refractivity contribution in [2.45, 2.75) is 57.9 Å². The number of rotatable bonds is 21. The van der Waals surface area contributed by atoms with Crippen molar-refractivity contribution in [1.29, 1.82) is 0 Å². The molecule has 342 valence electrons. The number of aromatic hydroxyl groups is 1. The summed E-state index contributed by atoms with van der Waals surface area (Å²) in [7, 11) is 1.65. The van der Waals surface area contributed by atoms with Gasteiger partial charge in [0.1, 0.15) is 12.4 Å². The van der Waals surface area contributed by atoms with E-state index in [-0.39, 0.29) is 85.0 Å². The molecular formula is C44H54N8O12. The van der Waals surface area contributed by atoms with Crippen LogP contribution >= 0.6 is 0 Å². The fourth-order valence-corrected chi connectivity index (χ4v) is 8.09. The molecule has 0 bridgehead atoms. The second-order valence-electron chi connectivity index (χ2n) is 15.9. The lowest BCUT2D eigenvalue weighted by molar-refractivity contribution is -0.172. The lowest BCUT2D eigenvalue weighted by Gasteiger charge is -2.31. The topological polar surface area (TPSA) is 260 Å². The van der Waals surface area contributed by atoms with Crippen LogP contribution in [-0.4, -0.2) is 138 Å².